The van der Waals surface area contributed by atoms with Gasteiger partial charge in [0, 0.05) is 11.6 Å². The Kier molecular flexibility index (Phi) is 3.24. The minimum Gasteiger partial charge on any atom is -0.396 e. The number of nitrogen functional groups attached to an aromatic ring is 1. The van der Waals surface area contributed by atoms with Gasteiger partial charge in [-0.1, -0.05) is 30.3 Å². The molecule has 0 spiro atoms. The molecule has 0 radical (unpaired) electrons. The number of nitro benzene ring substituents is 1. The van der Waals surface area contributed by atoms with Crippen LogP contribution in [0, 0.1) is 15.9 Å². The first-order chi connectivity index (χ1) is 9.00. The average molecular weight is 260 g/mol. The zero-order valence-electron chi connectivity index (χ0n) is 9.67. The summed E-state index contributed by atoms with van der Waals surface area (Å²) in [4.78, 5) is 22.0. The van der Waals surface area contributed by atoms with E-state index in [4.69, 9.17) is 5.73 Å². The molecule has 0 atom stereocenters. The molecule has 2 N–H and O–H groups in total. The summed E-state index contributed by atoms with van der Waals surface area (Å²) >= 11 is 0. The number of nitro groups is 1. The molecule has 0 unspecified atom stereocenters. The van der Waals surface area contributed by atoms with Crippen LogP contribution in [0.2, 0.25) is 0 Å². The second-order valence-corrected chi connectivity index (χ2v) is 3.84. The van der Waals surface area contributed by atoms with Gasteiger partial charge < -0.3 is 5.73 Å². The maximum atomic E-state index is 13.5. The van der Waals surface area contributed by atoms with Gasteiger partial charge in [-0.3, -0.25) is 14.9 Å². The van der Waals surface area contributed by atoms with Crippen molar-refractivity contribution in [3.05, 3.63) is 69.5 Å². The van der Waals surface area contributed by atoms with Crippen LogP contribution in [0.25, 0.3) is 0 Å². The van der Waals surface area contributed by atoms with E-state index in [1.807, 2.05) is 0 Å². The van der Waals surface area contributed by atoms with Crippen molar-refractivity contribution < 1.29 is 14.1 Å². The molecule has 0 fully saturated rings. The highest BCUT2D eigenvalue weighted by Crippen LogP contribution is 2.25. The van der Waals surface area contributed by atoms with Gasteiger partial charge in [-0.2, -0.15) is 0 Å². The first-order valence-electron chi connectivity index (χ1n) is 5.34. The third-order valence-electron chi connectivity index (χ3n) is 2.61. The Morgan fingerprint density at radius 2 is 1.84 bits per heavy atom. The van der Waals surface area contributed by atoms with Crippen molar-refractivity contribution in [1.29, 1.82) is 0 Å². The summed E-state index contributed by atoms with van der Waals surface area (Å²) in [6.45, 7) is 0. The normalized spacial score (nSPS) is 10.2. The number of ketones is 1. The Labute approximate surface area is 107 Å². The Hall–Kier alpha value is -2.76. The topological polar surface area (TPSA) is 86.2 Å². The zero-order chi connectivity index (χ0) is 14.0. The minimum absolute atomic E-state index is 0.210. The fourth-order valence-corrected chi connectivity index (χ4v) is 1.64. The monoisotopic (exact) mass is 260 g/mol. The van der Waals surface area contributed by atoms with E-state index in [1.54, 1.807) is 18.2 Å². The first kappa shape index (κ1) is 12.7. The van der Waals surface area contributed by atoms with Gasteiger partial charge in [0.05, 0.1) is 22.2 Å². The molecule has 6 heteroatoms. The number of anilines is 1. The molecular formula is C13H9FN2O3. The Morgan fingerprint density at radius 3 is 2.42 bits per heavy atom. The highest BCUT2D eigenvalue weighted by atomic mass is 19.1. The van der Waals surface area contributed by atoms with Crippen molar-refractivity contribution >= 4 is 17.2 Å². The lowest BCUT2D eigenvalue weighted by Crippen LogP contribution is -2.08. The van der Waals surface area contributed by atoms with Gasteiger partial charge in [-0.15, -0.1) is 0 Å². The number of carbonyl (C=O) groups excluding carboxylic acids is 1. The molecule has 0 saturated heterocycles. The molecule has 0 aliphatic rings. The largest absolute Gasteiger partial charge is 0.396 e. The number of hydrogen-bond donors (Lipinski definition) is 1. The highest BCUT2D eigenvalue weighted by molar-refractivity contribution is 6.12. The van der Waals surface area contributed by atoms with Crippen LogP contribution in [0.3, 0.4) is 0 Å². The van der Waals surface area contributed by atoms with Gasteiger partial charge in [0.1, 0.15) is 0 Å². The van der Waals surface area contributed by atoms with E-state index in [1.165, 1.54) is 12.1 Å². The molecule has 0 amide bonds. The molecule has 0 heterocycles. The number of benzene rings is 2. The van der Waals surface area contributed by atoms with E-state index in [2.05, 4.69) is 0 Å². The number of halogens is 1. The van der Waals surface area contributed by atoms with Gasteiger partial charge in [-0.05, 0) is 0 Å². The molecule has 96 valence electrons. The smallest absolute Gasteiger partial charge is 0.273 e. The first-order valence-corrected chi connectivity index (χ1v) is 5.34. The SMILES string of the molecule is Nc1c(F)cc([N+](=O)[O-])cc1C(=O)c1ccccc1. The summed E-state index contributed by atoms with van der Waals surface area (Å²) < 4.78 is 13.5. The van der Waals surface area contributed by atoms with E-state index in [0.29, 0.717) is 6.07 Å². The van der Waals surface area contributed by atoms with Gasteiger partial charge in [-0.25, -0.2) is 4.39 Å². The molecule has 0 aromatic heterocycles. The van der Waals surface area contributed by atoms with Crippen molar-refractivity contribution in [1.82, 2.24) is 0 Å². The Balaban J connectivity index is 2.56. The quantitative estimate of drug-likeness (QED) is 0.397. The molecule has 0 aliphatic carbocycles. The van der Waals surface area contributed by atoms with Crippen molar-refractivity contribution in [2.75, 3.05) is 5.73 Å². The van der Waals surface area contributed by atoms with Crippen LogP contribution in [-0.4, -0.2) is 10.7 Å². The Morgan fingerprint density at radius 1 is 1.21 bits per heavy atom. The van der Waals surface area contributed by atoms with Crippen LogP contribution in [0.4, 0.5) is 15.8 Å². The van der Waals surface area contributed by atoms with E-state index in [-0.39, 0.29) is 16.8 Å². The second kappa shape index (κ2) is 4.85. The third-order valence-corrected chi connectivity index (χ3v) is 2.61. The number of rotatable bonds is 3. The van der Waals surface area contributed by atoms with Crippen LogP contribution < -0.4 is 5.73 Å². The second-order valence-electron chi connectivity index (χ2n) is 3.84. The highest BCUT2D eigenvalue weighted by Gasteiger charge is 2.20. The number of non-ortho nitro benzene ring substituents is 1. The van der Waals surface area contributed by atoms with Gasteiger partial charge in [0.2, 0.25) is 0 Å². The predicted molar refractivity (Wildman–Crippen MR) is 67.3 cm³/mol. The third kappa shape index (κ3) is 2.42. The standard InChI is InChI=1S/C13H9FN2O3/c14-11-7-9(16(18)19)6-10(12(11)15)13(17)8-4-2-1-3-5-8/h1-7H,15H2. The summed E-state index contributed by atoms with van der Waals surface area (Å²) in [5.74, 6) is -1.53. The molecule has 0 bridgehead atoms. The van der Waals surface area contributed by atoms with E-state index in [0.717, 1.165) is 6.07 Å². The van der Waals surface area contributed by atoms with E-state index in [9.17, 15) is 19.3 Å². The maximum absolute atomic E-state index is 13.5. The van der Waals surface area contributed by atoms with E-state index >= 15 is 0 Å². The van der Waals surface area contributed by atoms with Gasteiger partial charge >= 0.3 is 0 Å². The maximum Gasteiger partial charge on any atom is 0.273 e. The molecule has 2 aromatic carbocycles. The summed E-state index contributed by atoms with van der Waals surface area (Å²) in [5.41, 5.74) is 4.65. The van der Waals surface area contributed by atoms with Crippen molar-refractivity contribution in [3.63, 3.8) is 0 Å². The molecule has 0 aliphatic heterocycles. The molecule has 5 nitrogen and oxygen atoms in total. The van der Waals surface area contributed by atoms with Crippen molar-refractivity contribution in [2.24, 2.45) is 0 Å². The fraction of sp³-hybridized carbons (Fsp3) is 0. The summed E-state index contributed by atoms with van der Waals surface area (Å²) in [5, 5.41) is 10.7. The van der Waals surface area contributed by atoms with Gasteiger partial charge in [0.15, 0.2) is 11.6 Å². The molecule has 2 rings (SSSR count). The lowest BCUT2D eigenvalue weighted by atomic mass is 10.0. The summed E-state index contributed by atoms with van der Waals surface area (Å²) in [7, 11) is 0. The van der Waals surface area contributed by atoms with Crippen molar-refractivity contribution in [3.8, 4) is 0 Å². The number of carbonyl (C=O) groups is 1. The molecule has 0 saturated carbocycles. The lowest BCUT2D eigenvalue weighted by molar-refractivity contribution is -0.385. The molecular weight excluding hydrogens is 251 g/mol. The number of nitrogens with two attached hydrogens (primary N) is 1. The van der Waals surface area contributed by atoms with Crippen LogP contribution in [-0.2, 0) is 0 Å². The predicted octanol–water partition coefficient (Wildman–Crippen LogP) is 2.55. The molecule has 2 aromatic rings. The number of hydrogen-bond acceptors (Lipinski definition) is 4. The lowest BCUT2D eigenvalue weighted by Gasteiger charge is -2.06. The van der Waals surface area contributed by atoms with Gasteiger partial charge in [0.25, 0.3) is 5.69 Å². The summed E-state index contributed by atoms with van der Waals surface area (Å²) in [6.07, 6.45) is 0. The average Bonchev–Trinajstić information content (AvgIpc) is 2.41. The zero-order valence-corrected chi connectivity index (χ0v) is 9.67. The van der Waals surface area contributed by atoms with Crippen LogP contribution in [0.15, 0.2) is 42.5 Å². The summed E-state index contributed by atoms with van der Waals surface area (Å²) in [6, 6.07) is 9.71. The van der Waals surface area contributed by atoms with Crippen LogP contribution >= 0.6 is 0 Å². The van der Waals surface area contributed by atoms with Crippen molar-refractivity contribution in [2.45, 2.75) is 0 Å². The fourth-order valence-electron chi connectivity index (χ4n) is 1.64. The minimum atomic E-state index is -0.978. The van der Waals surface area contributed by atoms with E-state index < -0.39 is 22.2 Å². The molecule has 19 heavy (non-hydrogen) atoms. The van der Waals surface area contributed by atoms with Crippen LogP contribution in [0.1, 0.15) is 15.9 Å². The number of nitrogens with zero attached hydrogens (tertiary/aromatic N) is 1. The Bertz CT molecular complexity index is 656. The van der Waals surface area contributed by atoms with Crippen LogP contribution in [0.5, 0.6) is 0 Å².